The number of hydrogen-bond acceptors (Lipinski definition) is 4. The van der Waals surface area contributed by atoms with Crippen molar-refractivity contribution in [3.05, 3.63) is 63.1 Å². The predicted molar refractivity (Wildman–Crippen MR) is 166 cm³/mol. The third-order valence-electron chi connectivity index (χ3n) is 8.24. The number of rotatable bonds is 7. The van der Waals surface area contributed by atoms with E-state index < -0.39 is 0 Å². The zero-order valence-electron chi connectivity index (χ0n) is 24.5. The van der Waals surface area contributed by atoms with Crippen molar-refractivity contribution < 1.29 is 14.3 Å². The molecule has 3 amide bonds. The molecule has 3 aliphatic heterocycles. The van der Waals surface area contributed by atoms with Crippen LogP contribution in [0.3, 0.4) is 0 Å². The molecule has 224 valence electrons. The number of aryl methyl sites for hydroxylation is 2. The molecule has 0 bridgehead atoms. The maximum atomic E-state index is 12.6. The fourth-order valence-corrected chi connectivity index (χ4v) is 6.11. The smallest absolute Gasteiger partial charge is 0.317 e. The highest BCUT2D eigenvalue weighted by Gasteiger charge is 2.27. The Balaban J connectivity index is 0.000000367. The fourth-order valence-electron chi connectivity index (χ4n) is 5.70. The zero-order valence-corrected chi connectivity index (χ0v) is 26.0. The maximum absolute atomic E-state index is 12.6. The van der Waals surface area contributed by atoms with Crippen LogP contribution in [0.25, 0.3) is 0 Å². The van der Waals surface area contributed by atoms with Crippen LogP contribution >= 0.6 is 23.2 Å². The van der Waals surface area contributed by atoms with Gasteiger partial charge in [-0.2, -0.15) is 0 Å². The summed E-state index contributed by atoms with van der Waals surface area (Å²) in [5.41, 5.74) is 3.54. The number of amides is 3. The van der Waals surface area contributed by atoms with E-state index in [1.54, 1.807) is 11.0 Å². The molecule has 2 aromatic carbocycles. The van der Waals surface area contributed by atoms with Gasteiger partial charge in [0.05, 0.1) is 6.54 Å². The van der Waals surface area contributed by atoms with Gasteiger partial charge in [-0.15, -0.1) is 0 Å². The van der Waals surface area contributed by atoms with E-state index in [1.165, 1.54) is 37.1 Å². The number of benzene rings is 2. The number of likely N-dealkylation sites (tertiary alicyclic amines) is 3. The third-order valence-corrected chi connectivity index (χ3v) is 8.88. The van der Waals surface area contributed by atoms with E-state index in [2.05, 4.69) is 35.3 Å². The molecule has 9 heteroatoms. The van der Waals surface area contributed by atoms with E-state index >= 15 is 0 Å². The highest BCUT2D eigenvalue weighted by molar-refractivity contribution is 6.35. The van der Waals surface area contributed by atoms with Gasteiger partial charge in [0.25, 0.3) is 0 Å². The van der Waals surface area contributed by atoms with Gasteiger partial charge in [0.2, 0.25) is 5.91 Å². The largest absolute Gasteiger partial charge is 0.492 e. The zero-order chi connectivity index (χ0) is 29.2. The summed E-state index contributed by atoms with van der Waals surface area (Å²) in [4.78, 5) is 30.9. The van der Waals surface area contributed by atoms with Crippen molar-refractivity contribution in [2.75, 3.05) is 59.0 Å². The van der Waals surface area contributed by atoms with Gasteiger partial charge in [-0.1, -0.05) is 41.4 Å². The number of halogens is 2. The van der Waals surface area contributed by atoms with Gasteiger partial charge in [-0.05, 0) is 106 Å². The molecule has 0 unspecified atom stereocenters. The van der Waals surface area contributed by atoms with Crippen LogP contribution < -0.4 is 10.1 Å². The lowest BCUT2D eigenvalue weighted by molar-refractivity contribution is -0.131. The molecule has 1 N–H and O–H groups in total. The molecule has 3 aliphatic rings. The number of hydrogen-bond donors (Lipinski definition) is 1. The Morgan fingerprint density at radius 3 is 2.22 bits per heavy atom. The Labute approximate surface area is 255 Å². The number of carbonyl (C=O) groups is 2. The molecule has 2 aromatic rings. The Kier molecular flexibility index (Phi) is 12.0. The molecule has 0 spiro atoms. The normalized spacial score (nSPS) is 17.8. The summed E-state index contributed by atoms with van der Waals surface area (Å²) in [7, 11) is 0. The lowest BCUT2D eigenvalue weighted by Crippen LogP contribution is -2.46. The van der Waals surface area contributed by atoms with E-state index in [0.29, 0.717) is 10.9 Å². The van der Waals surface area contributed by atoms with E-state index in [4.69, 9.17) is 27.9 Å². The Morgan fingerprint density at radius 1 is 0.878 bits per heavy atom. The first-order valence-electron chi connectivity index (χ1n) is 15.0. The van der Waals surface area contributed by atoms with Gasteiger partial charge in [-0.25, -0.2) is 4.79 Å². The van der Waals surface area contributed by atoms with Crippen LogP contribution in [0.4, 0.5) is 4.79 Å². The van der Waals surface area contributed by atoms with Crippen molar-refractivity contribution in [3.8, 4) is 5.75 Å². The van der Waals surface area contributed by atoms with Gasteiger partial charge in [0, 0.05) is 42.8 Å². The number of nitrogens with zero attached hydrogens (tertiary/aromatic N) is 3. The Hall–Kier alpha value is -2.48. The van der Waals surface area contributed by atoms with Crippen LogP contribution in [0, 0.1) is 13.8 Å². The monoisotopic (exact) mass is 602 g/mol. The van der Waals surface area contributed by atoms with Crippen molar-refractivity contribution in [1.82, 2.24) is 20.0 Å². The summed E-state index contributed by atoms with van der Waals surface area (Å²) in [5, 5.41) is 4.21. The van der Waals surface area contributed by atoms with Crippen molar-refractivity contribution in [2.45, 2.75) is 58.3 Å². The summed E-state index contributed by atoms with van der Waals surface area (Å²) in [6.45, 7) is 11.3. The number of urea groups is 1. The van der Waals surface area contributed by atoms with E-state index in [1.807, 2.05) is 24.0 Å². The Morgan fingerprint density at radius 2 is 1.56 bits per heavy atom. The SMILES string of the molecule is Cc1ccc(C2CCN(C(=O)CNC(=O)N3CCCC3)CC2)c(OCCN2CCCC2)c1.Cc1ccc(Cl)cc1Cl. The second-order valence-corrected chi connectivity index (χ2v) is 12.2. The van der Waals surface area contributed by atoms with Crippen LogP contribution in [0.15, 0.2) is 36.4 Å². The number of carbonyl (C=O) groups excluding carboxylic acids is 2. The van der Waals surface area contributed by atoms with Gasteiger partial charge < -0.3 is 19.9 Å². The lowest BCUT2D eigenvalue weighted by Gasteiger charge is -2.33. The second-order valence-electron chi connectivity index (χ2n) is 11.3. The average molecular weight is 604 g/mol. The molecule has 0 aliphatic carbocycles. The Bertz CT molecular complexity index is 1160. The molecule has 3 saturated heterocycles. The third kappa shape index (κ3) is 9.52. The van der Waals surface area contributed by atoms with Crippen molar-refractivity contribution in [3.63, 3.8) is 0 Å². The first kappa shape index (κ1) is 31.5. The molecule has 7 nitrogen and oxygen atoms in total. The summed E-state index contributed by atoms with van der Waals surface area (Å²) < 4.78 is 6.25. The topological polar surface area (TPSA) is 65.1 Å². The summed E-state index contributed by atoms with van der Waals surface area (Å²) >= 11 is 11.4. The minimum atomic E-state index is -0.110. The van der Waals surface area contributed by atoms with Gasteiger partial charge >= 0.3 is 6.03 Å². The van der Waals surface area contributed by atoms with Crippen molar-refractivity contribution in [1.29, 1.82) is 0 Å². The van der Waals surface area contributed by atoms with E-state index in [9.17, 15) is 9.59 Å². The molecular weight excluding hydrogens is 559 g/mol. The maximum Gasteiger partial charge on any atom is 0.317 e. The van der Waals surface area contributed by atoms with Crippen LogP contribution in [0.1, 0.15) is 61.1 Å². The molecular formula is C32H44Cl2N4O3. The molecule has 0 radical (unpaired) electrons. The molecule has 41 heavy (non-hydrogen) atoms. The first-order valence-corrected chi connectivity index (χ1v) is 15.7. The van der Waals surface area contributed by atoms with Gasteiger partial charge in [0.15, 0.2) is 0 Å². The van der Waals surface area contributed by atoms with Crippen LogP contribution in [0.5, 0.6) is 5.75 Å². The van der Waals surface area contributed by atoms with E-state index in [-0.39, 0.29) is 18.5 Å². The standard InChI is InChI=1S/C25H38N4O3.C7H6Cl2/c1-20-6-7-22(23(18-20)32-17-16-27-10-2-3-11-27)21-8-14-28(15-9-21)24(30)19-26-25(31)29-12-4-5-13-29;1-5-2-3-6(8)4-7(5)9/h6-7,18,21H,2-5,8-17,19H2,1H3,(H,26,31);2-4H,1H3. The molecule has 0 atom stereocenters. The molecule has 3 heterocycles. The average Bonchev–Trinajstić information content (AvgIpc) is 3.70. The number of ether oxygens (including phenoxy) is 1. The molecule has 3 fully saturated rings. The van der Waals surface area contributed by atoms with Crippen molar-refractivity contribution in [2.24, 2.45) is 0 Å². The summed E-state index contributed by atoms with van der Waals surface area (Å²) in [6.07, 6.45) is 6.56. The molecule has 0 aromatic heterocycles. The highest BCUT2D eigenvalue weighted by atomic mass is 35.5. The van der Waals surface area contributed by atoms with Crippen LogP contribution in [-0.2, 0) is 4.79 Å². The number of piperidine rings is 1. The highest BCUT2D eigenvalue weighted by Crippen LogP contribution is 2.35. The van der Waals surface area contributed by atoms with E-state index in [0.717, 1.165) is 81.3 Å². The minimum Gasteiger partial charge on any atom is -0.492 e. The first-order chi connectivity index (χ1) is 19.8. The van der Waals surface area contributed by atoms with Crippen LogP contribution in [-0.4, -0.2) is 85.6 Å². The number of nitrogens with one attached hydrogen (secondary N) is 1. The van der Waals surface area contributed by atoms with Gasteiger partial charge in [0.1, 0.15) is 12.4 Å². The quantitative estimate of drug-likeness (QED) is 0.405. The lowest BCUT2D eigenvalue weighted by atomic mass is 9.88. The van der Waals surface area contributed by atoms with Gasteiger partial charge in [-0.3, -0.25) is 9.69 Å². The predicted octanol–water partition coefficient (Wildman–Crippen LogP) is 6.28. The summed E-state index contributed by atoms with van der Waals surface area (Å²) in [5.74, 6) is 1.43. The van der Waals surface area contributed by atoms with Crippen molar-refractivity contribution >= 4 is 35.1 Å². The second kappa shape index (κ2) is 15.7. The van der Waals surface area contributed by atoms with Crippen LogP contribution in [0.2, 0.25) is 10.0 Å². The molecule has 0 saturated carbocycles. The molecule has 5 rings (SSSR count). The minimum absolute atomic E-state index is 0.0157. The fraction of sp³-hybridized carbons (Fsp3) is 0.562. The summed E-state index contributed by atoms with van der Waals surface area (Å²) in [6, 6.07) is 11.9.